The molecule has 1 aromatic carbocycles. The van der Waals surface area contributed by atoms with Gasteiger partial charge in [-0.25, -0.2) is 4.79 Å². The van der Waals surface area contributed by atoms with Crippen molar-refractivity contribution in [3.63, 3.8) is 0 Å². The van der Waals surface area contributed by atoms with Crippen molar-refractivity contribution in [1.82, 2.24) is 0 Å². The molecule has 98 valence electrons. The monoisotopic (exact) mass is 277 g/mol. The lowest BCUT2D eigenvalue weighted by Crippen LogP contribution is -2.25. The van der Waals surface area contributed by atoms with Crippen LogP contribution >= 0.6 is 11.3 Å². The molecule has 0 aliphatic rings. The van der Waals surface area contributed by atoms with Crippen LogP contribution in [0.15, 0.2) is 36.4 Å². The van der Waals surface area contributed by atoms with Crippen molar-refractivity contribution in [2.75, 3.05) is 11.9 Å². The number of aromatic hydroxyl groups is 1. The van der Waals surface area contributed by atoms with Gasteiger partial charge < -0.3 is 15.1 Å². The fourth-order valence-corrected chi connectivity index (χ4v) is 2.37. The minimum atomic E-state index is -1.05. The van der Waals surface area contributed by atoms with Crippen LogP contribution in [0.5, 0.6) is 5.75 Å². The average molecular weight is 277 g/mol. The van der Waals surface area contributed by atoms with Crippen molar-refractivity contribution in [3.05, 3.63) is 46.2 Å². The summed E-state index contributed by atoms with van der Waals surface area (Å²) in [5.41, 5.74) is 0.537. The van der Waals surface area contributed by atoms with Crippen LogP contribution in [-0.4, -0.2) is 29.1 Å². The number of anilines is 1. The maximum Gasteiger partial charge on any atom is 0.345 e. The molecule has 0 fully saturated rings. The number of thiophene rings is 1. The van der Waals surface area contributed by atoms with E-state index < -0.39 is 5.97 Å². The molecule has 6 heteroatoms. The number of phenolic OH excluding ortho intramolecular Hbond substituents is 1. The average Bonchev–Trinajstić information content (AvgIpc) is 2.86. The largest absolute Gasteiger partial charge is 0.508 e. The summed E-state index contributed by atoms with van der Waals surface area (Å²) in [5.74, 6) is -1.30. The first-order valence-electron chi connectivity index (χ1n) is 5.39. The number of aromatic carboxylic acids is 1. The number of carbonyl (C=O) groups excluding carboxylic acids is 1. The van der Waals surface area contributed by atoms with E-state index in [0.29, 0.717) is 10.6 Å². The Morgan fingerprint density at radius 3 is 2.42 bits per heavy atom. The molecule has 0 bridgehead atoms. The zero-order valence-electron chi connectivity index (χ0n) is 10.0. The highest BCUT2D eigenvalue weighted by atomic mass is 32.1. The molecule has 0 unspecified atom stereocenters. The number of carboxylic acid groups (broad SMARTS) is 1. The van der Waals surface area contributed by atoms with E-state index in [9.17, 15) is 14.7 Å². The summed E-state index contributed by atoms with van der Waals surface area (Å²) in [6.07, 6.45) is 0. The van der Waals surface area contributed by atoms with E-state index in [4.69, 9.17) is 5.11 Å². The van der Waals surface area contributed by atoms with Gasteiger partial charge in [-0.15, -0.1) is 11.3 Å². The summed E-state index contributed by atoms with van der Waals surface area (Å²) in [6, 6.07) is 9.17. The van der Waals surface area contributed by atoms with Crippen LogP contribution in [-0.2, 0) is 0 Å². The van der Waals surface area contributed by atoms with Crippen LogP contribution in [0.3, 0.4) is 0 Å². The van der Waals surface area contributed by atoms with Crippen LogP contribution in [0.2, 0.25) is 0 Å². The number of benzene rings is 1. The molecule has 1 amide bonds. The van der Waals surface area contributed by atoms with Gasteiger partial charge in [-0.1, -0.05) is 6.07 Å². The predicted octanol–water partition coefficient (Wildman–Crippen LogP) is 2.43. The number of hydrogen-bond acceptors (Lipinski definition) is 4. The van der Waals surface area contributed by atoms with Crippen LogP contribution in [0.4, 0.5) is 5.69 Å². The van der Waals surface area contributed by atoms with Crippen molar-refractivity contribution in [2.45, 2.75) is 0 Å². The third-order valence-electron chi connectivity index (χ3n) is 2.55. The van der Waals surface area contributed by atoms with E-state index in [1.807, 2.05) is 0 Å². The number of rotatable bonds is 3. The van der Waals surface area contributed by atoms with E-state index in [0.717, 1.165) is 11.3 Å². The molecule has 0 aliphatic carbocycles. The maximum atomic E-state index is 12.2. The Kier molecular flexibility index (Phi) is 3.52. The van der Waals surface area contributed by atoms with Crippen LogP contribution in [0.25, 0.3) is 0 Å². The molecule has 1 heterocycles. The highest BCUT2D eigenvalue weighted by Gasteiger charge is 2.17. The molecular weight excluding hydrogens is 266 g/mol. The standard InChI is InChI=1S/C13H11NO4S/c1-14(8-3-2-4-9(15)7-8)12(16)10-5-6-11(19-10)13(17)18/h2-7,15H,1H3,(H,17,18). The SMILES string of the molecule is CN(C(=O)c1ccc(C(=O)O)s1)c1cccc(O)c1. The van der Waals surface area contributed by atoms with Crippen molar-refractivity contribution < 1.29 is 19.8 Å². The molecule has 2 rings (SSSR count). The van der Waals surface area contributed by atoms with E-state index >= 15 is 0 Å². The second-order valence-electron chi connectivity index (χ2n) is 3.85. The fourth-order valence-electron chi connectivity index (χ4n) is 1.55. The molecule has 2 aromatic rings. The van der Waals surface area contributed by atoms with E-state index in [1.54, 1.807) is 19.2 Å². The summed E-state index contributed by atoms with van der Waals surface area (Å²) < 4.78 is 0. The highest BCUT2D eigenvalue weighted by Crippen LogP contribution is 2.23. The number of amides is 1. The number of hydrogen-bond donors (Lipinski definition) is 2. The number of phenols is 1. The Morgan fingerprint density at radius 2 is 1.84 bits per heavy atom. The van der Waals surface area contributed by atoms with Gasteiger partial charge in [-0.05, 0) is 24.3 Å². The van der Waals surface area contributed by atoms with E-state index in [-0.39, 0.29) is 16.5 Å². The van der Waals surface area contributed by atoms with Gasteiger partial charge in [0.25, 0.3) is 5.91 Å². The molecule has 0 atom stereocenters. The topological polar surface area (TPSA) is 77.8 Å². The van der Waals surface area contributed by atoms with Crippen molar-refractivity contribution >= 4 is 28.9 Å². The van der Waals surface area contributed by atoms with Gasteiger partial charge in [-0.3, -0.25) is 4.79 Å². The van der Waals surface area contributed by atoms with E-state index in [2.05, 4.69) is 0 Å². The highest BCUT2D eigenvalue weighted by molar-refractivity contribution is 7.16. The molecule has 0 radical (unpaired) electrons. The molecule has 1 aromatic heterocycles. The second-order valence-corrected chi connectivity index (χ2v) is 4.94. The molecule has 5 nitrogen and oxygen atoms in total. The van der Waals surface area contributed by atoms with E-state index in [1.165, 1.54) is 29.2 Å². The molecule has 19 heavy (non-hydrogen) atoms. The number of carboxylic acids is 1. The summed E-state index contributed by atoms with van der Waals surface area (Å²) in [6.45, 7) is 0. The Bertz CT molecular complexity index is 635. The first-order chi connectivity index (χ1) is 8.99. The van der Waals surface area contributed by atoms with Crippen LogP contribution in [0, 0.1) is 0 Å². The Labute approximate surface area is 113 Å². The normalized spacial score (nSPS) is 10.2. The smallest absolute Gasteiger partial charge is 0.345 e. The fraction of sp³-hybridized carbons (Fsp3) is 0.0769. The quantitative estimate of drug-likeness (QED) is 0.903. The third kappa shape index (κ3) is 2.74. The number of nitrogens with zero attached hydrogens (tertiary/aromatic N) is 1. The minimum Gasteiger partial charge on any atom is -0.508 e. The molecule has 0 aliphatic heterocycles. The van der Waals surface area contributed by atoms with Gasteiger partial charge in [0.2, 0.25) is 0 Å². The van der Waals surface area contributed by atoms with Crippen LogP contribution in [0.1, 0.15) is 19.3 Å². The Morgan fingerprint density at radius 1 is 1.16 bits per heavy atom. The Balaban J connectivity index is 2.25. The minimum absolute atomic E-state index is 0.0644. The maximum absolute atomic E-state index is 12.2. The lowest BCUT2D eigenvalue weighted by Gasteiger charge is -2.16. The zero-order chi connectivity index (χ0) is 14.0. The van der Waals surface area contributed by atoms with Crippen molar-refractivity contribution in [3.8, 4) is 5.75 Å². The molecule has 0 spiro atoms. The summed E-state index contributed by atoms with van der Waals surface area (Å²) in [4.78, 5) is 24.7. The van der Waals surface area contributed by atoms with Gasteiger partial charge in [-0.2, -0.15) is 0 Å². The van der Waals surface area contributed by atoms with Gasteiger partial charge in [0.15, 0.2) is 0 Å². The molecule has 0 saturated heterocycles. The van der Waals surface area contributed by atoms with Gasteiger partial charge in [0.05, 0.1) is 4.88 Å². The Hall–Kier alpha value is -2.34. The summed E-state index contributed by atoms with van der Waals surface area (Å²) in [7, 11) is 1.57. The van der Waals surface area contributed by atoms with Gasteiger partial charge >= 0.3 is 5.97 Å². The summed E-state index contributed by atoms with van der Waals surface area (Å²) in [5, 5.41) is 18.2. The molecule has 2 N–H and O–H groups in total. The van der Waals surface area contributed by atoms with Crippen LogP contribution < -0.4 is 4.90 Å². The second kappa shape index (κ2) is 5.11. The number of carbonyl (C=O) groups is 2. The molecule has 0 saturated carbocycles. The van der Waals surface area contributed by atoms with Gasteiger partial charge in [0, 0.05) is 18.8 Å². The van der Waals surface area contributed by atoms with Gasteiger partial charge in [0.1, 0.15) is 10.6 Å². The lowest BCUT2D eigenvalue weighted by molar-refractivity contribution is 0.0702. The van der Waals surface area contributed by atoms with Crippen molar-refractivity contribution in [2.24, 2.45) is 0 Å². The first-order valence-corrected chi connectivity index (χ1v) is 6.21. The molecular formula is C13H11NO4S. The third-order valence-corrected chi connectivity index (χ3v) is 3.61. The first kappa shape index (κ1) is 13.1. The summed E-state index contributed by atoms with van der Waals surface area (Å²) >= 11 is 0.923. The lowest BCUT2D eigenvalue weighted by atomic mass is 10.2. The zero-order valence-corrected chi connectivity index (χ0v) is 10.8. The van der Waals surface area contributed by atoms with Crippen molar-refractivity contribution in [1.29, 1.82) is 0 Å². The predicted molar refractivity (Wildman–Crippen MR) is 72.1 cm³/mol.